The van der Waals surface area contributed by atoms with Crippen molar-refractivity contribution in [3.63, 3.8) is 0 Å². The fourth-order valence-corrected chi connectivity index (χ4v) is 3.76. The second kappa shape index (κ2) is 5.24. The number of hydrogen-bond donors (Lipinski definition) is 0. The number of halogens is 6. The van der Waals surface area contributed by atoms with Crippen LogP contribution in [0.5, 0.6) is 0 Å². The van der Waals surface area contributed by atoms with Gasteiger partial charge in [-0.15, -0.1) is 26.3 Å². The minimum absolute atomic E-state index is 1.42. The third kappa shape index (κ3) is 10.7. The molecule has 0 aliphatic carbocycles. The summed E-state index contributed by atoms with van der Waals surface area (Å²) in [7, 11) is -2.61. The Labute approximate surface area is 93.8 Å². The van der Waals surface area contributed by atoms with Crippen LogP contribution in [0.25, 0.3) is 0 Å². The van der Waals surface area contributed by atoms with Crippen LogP contribution >= 0.6 is 0 Å². The molecule has 0 atom stereocenters. The largest absolute Gasteiger partial charge is 0.906 e. The monoisotopic (exact) mass is 286 g/mol. The van der Waals surface area contributed by atoms with E-state index in [0.29, 0.717) is 0 Å². The summed E-state index contributed by atoms with van der Waals surface area (Å²) in [5.41, 5.74) is 0. The smallest absolute Gasteiger partial charge is 0.498 e. The highest BCUT2D eigenvalue weighted by Gasteiger charge is 2.52. The molecule has 0 aromatic carbocycles. The van der Waals surface area contributed by atoms with Gasteiger partial charge in [-0.25, -0.2) is 0 Å². The van der Waals surface area contributed by atoms with Gasteiger partial charge >= 0.3 is 27.9 Å². The van der Waals surface area contributed by atoms with Gasteiger partial charge in [0.2, 0.25) is 0 Å². The summed E-state index contributed by atoms with van der Waals surface area (Å²) in [6.45, 7) is 4.27. The van der Waals surface area contributed by atoms with Gasteiger partial charge in [-0.3, -0.25) is 0 Å². The Kier molecular flexibility index (Phi) is 5.31. The zero-order valence-electron chi connectivity index (χ0n) is 8.57. The van der Waals surface area contributed by atoms with E-state index in [1.54, 1.807) is 0 Å². The first-order chi connectivity index (χ1) is 6.79. The summed E-state index contributed by atoms with van der Waals surface area (Å²) in [5.74, 6) is 0. The van der Waals surface area contributed by atoms with Gasteiger partial charge in [0.15, 0.2) is 8.32 Å². The maximum absolute atomic E-state index is 11.8. The molecule has 0 bridgehead atoms. The van der Waals surface area contributed by atoms with E-state index in [9.17, 15) is 26.3 Å². The summed E-state index contributed by atoms with van der Waals surface area (Å²) in [5, 5.41) is 0. The van der Waals surface area contributed by atoms with Crippen molar-refractivity contribution in [3.8, 4) is 0 Å². The second-order valence-corrected chi connectivity index (χ2v) is 9.86. The van der Waals surface area contributed by atoms with Crippen LogP contribution in [0.2, 0.25) is 19.6 Å². The molecule has 0 unspecified atom stereocenters. The number of rotatable bonds is 4. The SMILES string of the molecule is C[Si](C)(C)[O][Al]([O]C(F)(F)F)[O]C(F)(F)F. The Balaban J connectivity index is 4.53. The molecule has 0 aromatic heterocycles. The molecule has 0 N–H and O–H groups in total. The molecule has 0 heterocycles. The van der Waals surface area contributed by atoms with Gasteiger partial charge in [0.25, 0.3) is 0 Å². The molecular weight excluding hydrogens is 277 g/mol. The molecule has 0 aromatic rings. The van der Waals surface area contributed by atoms with Gasteiger partial charge < -0.3 is 11.1 Å². The van der Waals surface area contributed by atoms with E-state index in [1.807, 2.05) is 0 Å². The zero-order chi connectivity index (χ0) is 13.2. The van der Waals surface area contributed by atoms with Crippen molar-refractivity contribution in [3.05, 3.63) is 0 Å². The molecule has 3 nitrogen and oxygen atoms in total. The highest BCUT2D eigenvalue weighted by molar-refractivity contribution is 6.74. The minimum Gasteiger partial charge on any atom is -0.498 e. The van der Waals surface area contributed by atoms with Crippen LogP contribution in [0, 0.1) is 0 Å². The third-order valence-corrected chi connectivity index (χ3v) is 5.43. The maximum Gasteiger partial charge on any atom is 0.906 e. The molecule has 16 heavy (non-hydrogen) atoms. The molecule has 0 spiro atoms. The van der Waals surface area contributed by atoms with E-state index >= 15 is 0 Å². The van der Waals surface area contributed by atoms with Crippen molar-refractivity contribution < 1.29 is 37.4 Å². The van der Waals surface area contributed by atoms with E-state index in [4.69, 9.17) is 0 Å². The Bertz CT molecular complexity index is 186. The Morgan fingerprint density at radius 2 is 1.12 bits per heavy atom. The van der Waals surface area contributed by atoms with Crippen LogP contribution in [-0.2, 0) is 11.1 Å². The van der Waals surface area contributed by atoms with Gasteiger partial charge in [0.1, 0.15) is 0 Å². The molecule has 0 saturated carbocycles. The summed E-state index contributed by atoms with van der Waals surface area (Å²) < 4.78 is 81.5. The fraction of sp³-hybridized carbons (Fsp3) is 1.00. The molecule has 0 rings (SSSR count). The van der Waals surface area contributed by atoms with Gasteiger partial charge in [0.05, 0.1) is 0 Å². The first kappa shape index (κ1) is 16.2. The number of hydrogen-bond acceptors (Lipinski definition) is 3. The first-order valence-corrected chi connectivity index (χ1v) is 8.78. The van der Waals surface area contributed by atoms with Crippen molar-refractivity contribution in [2.45, 2.75) is 32.4 Å². The van der Waals surface area contributed by atoms with Gasteiger partial charge in [-0.2, -0.15) is 0 Å². The van der Waals surface area contributed by atoms with Crippen LogP contribution in [-0.4, -0.2) is 36.2 Å². The Morgan fingerprint density at radius 1 is 0.812 bits per heavy atom. The van der Waals surface area contributed by atoms with Crippen molar-refractivity contribution in [1.82, 2.24) is 0 Å². The predicted octanol–water partition coefficient (Wildman–Crippen LogP) is 2.90. The normalized spacial score (nSPS) is 14.1. The maximum atomic E-state index is 11.8. The quantitative estimate of drug-likeness (QED) is 0.587. The summed E-state index contributed by atoms with van der Waals surface area (Å²) in [6, 6.07) is 0. The highest BCUT2D eigenvalue weighted by atomic mass is 28.4. The van der Waals surface area contributed by atoms with E-state index in [0.717, 1.165) is 0 Å². The van der Waals surface area contributed by atoms with Crippen molar-refractivity contribution >= 4 is 23.5 Å². The van der Waals surface area contributed by atoms with E-state index in [-0.39, 0.29) is 0 Å². The van der Waals surface area contributed by atoms with Crippen LogP contribution < -0.4 is 0 Å². The van der Waals surface area contributed by atoms with Crippen molar-refractivity contribution in [2.75, 3.05) is 0 Å². The molecule has 0 radical (unpaired) electrons. The van der Waals surface area contributed by atoms with Crippen LogP contribution in [0.3, 0.4) is 0 Å². The van der Waals surface area contributed by atoms with Crippen LogP contribution in [0.4, 0.5) is 26.3 Å². The van der Waals surface area contributed by atoms with E-state index in [2.05, 4.69) is 11.1 Å². The average Bonchev–Trinajstić information content (AvgIpc) is 1.70. The third-order valence-electron chi connectivity index (χ3n) is 0.909. The Hall–Kier alpha value is 0.209. The van der Waals surface area contributed by atoms with Gasteiger partial charge in [-0.1, -0.05) is 0 Å². The minimum atomic E-state index is -5.21. The van der Waals surface area contributed by atoms with Crippen LogP contribution in [0.15, 0.2) is 0 Å². The highest BCUT2D eigenvalue weighted by Crippen LogP contribution is 2.25. The van der Waals surface area contributed by atoms with Gasteiger partial charge in [0, 0.05) is 0 Å². The molecule has 0 saturated heterocycles. The Morgan fingerprint density at radius 3 is 1.31 bits per heavy atom. The molecule has 0 aliphatic heterocycles. The lowest BCUT2D eigenvalue weighted by atomic mass is 11.4. The predicted molar refractivity (Wildman–Crippen MR) is 44.5 cm³/mol. The molecule has 0 fully saturated rings. The van der Waals surface area contributed by atoms with Crippen molar-refractivity contribution in [1.29, 1.82) is 0 Å². The lowest BCUT2D eigenvalue weighted by Gasteiger charge is -2.23. The molecule has 96 valence electrons. The summed E-state index contributed by atoms with van der Waals surface area (Å²) in [6.07, 6.45) is -10.4. The van der Waals surface area contributed by atoms with Gasteiger partial charge in [-0.05, 0) is 19.6 Å². The molecule has 0 aliphatic rings. The van der Waals surface area contributed by atoms with Crippen molar-refractivity contribution in [2.24, 2.45) is 0 Å². The fourth-order valence-electron chi connectivity index (χ4n) is 0.579. The standard InChI is InChI=1S/C3H9OSi.2CF3O.Al/c1-5(2,3)4;2*2-1(3,4)5;/h1-3H3;;;/q3*-1;+3. The molecular formula is C5H9AlF6O3Si. The lowest BCUT2D eigenvalue weighted by molar-refractivity contribution is -0.324. The van der Waals surface area contributed by atoms with E-state index in [1.165, 1.54) is 19.6 Å². The first-order valence-electron chi connectivity index (χ1n) is 3.95. The summed E-state index contributed by atoms with van der Waals surface area (Å²) >= 11 is -4.30. The van der Waals surface area contributed by atoms with E-state index < -0.39 is 36.2 Å². The molecule has 11 heteroatoms. The zero-order valence-corrected chi connectivity index (χ0v) is 10.7. The summed E-state index contributed by atoms with van der Waals surface area (Å²) in [4.78, 5) is 0. The molecule has 0 amide bonds. The lowest BCUT2D eigenvalue weighted by Crippen LogP contribution is -2.44. The second-order valence-electron chi connectivity index (χ2n) is 3.65. The van der Waals surface area contributed by atoms with Crippen LogP contribution in [0.1, 0.15) is 0 Å². The number of alkyl halides is 6. The topological polar surface area (TPSA) is 27.7 Å². The average molecular weight is 286 g/mol.